The first-order valence-corrected chi connectivity index (χ1v) is 7.03. The van der Waals surface area contributed by atoms with Gasteiger partial charge in [-0.05, 0) is 36.2 Å². The molecule has 0 saturated heterocycles. The van der Waals surface area contributed by atoms with Gasteiger partial charge in [-0.3, -0.25) is 4.98 Å². The molecule has 2 N–H and O–H groups in total. The number of aromatic nitrogens is 1. The van der Waals surface area contributed by atoms with Crippen molar-refractivity contribution < 1.29 is 5.11 Å². The van der Waals surface area contributed by atoms with E-state index in [1.54, 1.807) is 6.20 Å². The van der Waals surface area contributed by atoms with E-state index in [9.17, 15) is 5.11 Å². The van der Waals surface area contributed by atoms with Crippen LogP contribution in [0.1, 0.15) is 30.2 Å². The first-order chi connectivity index (χ1) is 9.16. The number of halogens is 1. The van der Waals surface area contributed by atoms with Crippen molar-refractivity contribution in [2.75, 3.05) is 6.54 Å². The zero-order valence-corrected chi connectivity index (χ0v) is 12.3. The minimum atomic E-state index is -0.517. The summed E-state index contributed by atoms with van der Waals surface area (Å²) in [6.07, 6.45) is 3.08. The van der Waals surface area contributed by atoms with E-state index in [2.05, 4.69) is 33.2 Å². The number of aliphatic hydroxyl groups is 1. The molecule has 1 heterocycles. The summed E-state index contributed by atoms with van der Waals surface area (Å²) in [4.78, 5) is 4.09. The fourth-order valence-electron chi connectivity index (χ4n) is 1.87. The van der Waals surface area contributed by atoms with Crippen molar-refractivity contribution >= 4 is 15.9 Å². The second-order valence-electron chi connectivity index (χ2n) is 4.49. The third-order valence-corrected chi connectivity index (χ3v) is 3.53. The average Bonchev–Trinajstić information content (AvgIpc) is 2.45. The van der Waals surface area contributed by atoms with Crippen LogP contribution in [0.2, 0.25) is 0 Å². The van der Waals surface area contributed by atoms with E-state index in [0.29, 0.717) is 6.54 Å². The molecule has 0 bridgehead atoms. The standard InChI is InChI=1S/C15H17BrN2O/c1-11(13-5-3-7-17-9-13)18-10-15(19)12-4-2-6-14(16)8-12/h2-9,11,15,18-19H,10H2,1H3. The Balaban J connectivity index is 1.92. The van der Waals surface area contributed by atoms with Crippen LogP contribution >= 0.6 is 15.9 Å². The number of pyridine rings is 1. The predicted octanol–water partition coefficient (Wildman–Crippen LogP) is 3.23. The highest BCUT2D eigenvalue weighted by atomic mass is 79.9. The van der Waals surface area contributed by atoms with Gasteiger partial charge < -0.3 is 10.4 Å². The Morgan fingerprint density at radius 1 is 1.26 bits per heavy atom. The molecule has 0 aliphatic heterocycles. The lowest BCUT2D eigenvalue weighted by atomic mass is 10.1. The minimum Gasteiger partial charge on any atom is -0.387 e. The van der Waals surface area contributed by atoms with Crippen LogP contribution < -0.4 is 5.32 Å². The molecule has 19 heavy (non-hydrogen) atoms. The van der Waals surface area contributed by atoms with Gasteiger partial charge in [0.15, 0.2) is 0 Å². The molecule has 1 aromatic carbocycles. The van der Waals surface area contributed by atoms with E-state index in [4.69, 9.17) is 0 Å². The van der Waals surface area contributed by atoms with Crippen molar-refractivity contribution in [1.29, 1.82) is 0 Å². The van der Waals surface area contributed by atoms with Crippen LogP contribution in [0.5, 0.6) is 0 Å². The molecule has 1 aromatic heterocycles. The molecular weight excluding hydrogens is 304 g/mol. The van der Waals surface area contributed by atoms with E-state index in [1.165, 1.54) is 0 Å². The quantitative estimate of drug-likeness (QED) is 0.889. The number of hydrogen-bond donors (Lipinski definition) is 2. The van der Waals surface area contributed by atoms with Gasteiger partial charge in [0.2, 0.25) is 0 Å². The van der Waals surface area contributed by atoms with Gasteiger partial charge in [-0.2, -0.15) is 0 Å². The SMILES string of the molecule is CC(NCC(O)c1cccc(Br)c1)c1cccnc1. The molecule has 0 fully saturated rings. The summed E-state index contributed by atoms with van der Waals surface area (Å²) in [6, 6.07) is 11.8. The van der Waals surface area contributed by atoms with Crippen molar-refractivity contribution in [3.63, 3.8) is 0 Å². The number of hydrogen-bond acceptors (Lipinski definition) is 3. The number of rotatable bonds is 5. The van der Waals surface area contributed by atoms with Crippen molar-refractivity contribution in [2.24, 2.45) is 0 Å². The fraction of sp³-hybridized carbons (Fsp3) is 0.267. The molecule has 2 aromatic rings. The molecule has 0 amide bonds. The van der Waals surface area contributed by atoms with E-state index in [-0.39, 0.29) is 6.04 Å². The maximum Gasteiger partial charge on any atom is 0.0914 e. The molecule has 2 rings (SSSR count). The van der Waals surface area contributed by atoms with Gasteiger partial charge in [-0.15, -0.1) is 0 Å². The Bertz CT molecular complexity index is 519. The molecule has 0 spiro atoms. The number of nitrogens with zero attached hydrogens (tertiary/aromatic N) is 1. The van der Waals surface area contributed by atoms with Gasteiger partial charge >= 0.3 is 0 Å². The van der Waals surface area contributed by atoms with E-state index in [0.717, 1.165) is 15.6 Å². The first kappa shape index (κ1) is 14.2. The largest absolute Gasteiger partial charge is 0.387 e. The highest BCUT2D eigenvalue weighted by Gasteiger charge is 2.10. The monoisotopic (exact) mass is 320 g/mol. The maximum atomic E-state index is 10.1. The van der Waals surface area contributed by atoms with Crippen LogP contribution in [-0.2, 0) is 0 Å². The van der Waals surface area contributed by atoms with E-state index < -0.39 is 6.10 Å². The topological polar surface area (TPSA) is 45.1 Å². The van der Waals surface area contributed by atoms with Crippen LogP contribution in [0.25, 0.3) is 0 Å². The van der Waals surface area contributed by atoms with Crippen molar-refractivity contribution in [3.8, 4) is 0 Å². The Labute approximate surface area is 121 Å². The summed E-state index contributed by atoms with van der Waals surface area (Å²) in [5.41, 5.74) is 2.02. The predicted molar refractivity (Wildman–Crippen MR) is 79.8 cm³/mol. The summed E-state index contributed by atoms with van der Waals surface area (Å²) in [7, 11) is 0. The van der Waals surface area contributed by atoms with Crippen LogP contribution in [0.3, 0.4) is 0 Å². The minimum absolute atomic E-state index is 0.163. The molecule has 0 aliphatic rings. The Kier molecular flexibility index (Phi) is 5.07. The van der Waals surface area contributed by atoms with Crippen molar-refractivity contribution in [3.05, 3.63) is 64.4 Å². The van der Waals surface area contributed by atoms with Gasteiger partial charge in [-0.1, -0.05) is 34.1 Å². The molecule has 0 saturated carbocycles. The Hall–Kier alpha value is -1.23. The maximum absolute atomic E-state index is 10.1. The fourth-order valence-corrected chi connectivity index (χ4v) is 2.29. The van der Waals surface area contributed by atoms with Crippen LogP contribution in [-0.4, -0.2) is 16.6 Å². The van der Waals surface area contributed by atoms with Crippen molar-refractivity contribution in [2.45, 2.75) is 19.1 Å². The number of benzene rings is 1. The summed E-state index contributed by atoms with van der Waals surface area (Å²) in [5.74, 6) is 0. The third-order valence-electron chi connectivity index (χ3n) is 3.04. The summed E-state index contributed by atoms with van der Waals surface area (Å²) >= 11 is 3.41. The highest BCUT2D eigenvalue weighted by Crippen LogP contribution is 2.18. The normalized spacial score (nSPS) is 14.1. The molecule has 2 unspecified atom stereocenters. The van der Waals surface area contributed by atoms with Gasteiger partial charge in [0.1, 0.15) is 0 Å². The third kappa shape index (κ3) is 4.13. The molecule has 100 valence electrons. The van der Waals surface area contributed by atoms with Gasteiger partial charge in [0.25, 0.3) is 0 Å². The van der Waals surface area contributed by atoms with E-state index in [1.807, 2.05) is 42.6 Å². The molecule has 3 nitrogen and oxygen atoms in total. The zero-order valence-electron chi connectivity index (χ0n) is 10.8. The van der Waals surface area contributed by atoms with Crippen LogP contribution in [0.15, 0.2) is 53.3 Å². The van der Waals surface area contributed by atoms with Crippen LogP contribution in [0.4, 0.5) is 0 Å². The highest BCUT2D eigenvalue weighted by molar-refractivity contribution is 9.10. The smallest absolute Gasteiger partial charge is 0.0914 e. The lowest BCUT2D eigenvalue weighted by Gasteiger charge is -2.17. The van der Waals surface area contributed by atoms with Crippen molar-refractivity contribution in [1.82, 2.24) is 10.3 Å². The molecular formula is C15H17BrN2O. The molecule has 2 atom stereocenters. The molecule has 0 aliphatic carbocycles. The van der Waals surface area contributed by atoms with Gasteiger partial charge in [0.05, 0.1) is 6.10 Å². The molecule has 4 heteroatoms. The van der Waals surface area contributed by atoms with Crippen LogP contribution in [0, 0.1) is 0 Å². The van der Waals surface area contributed by atoms with Gasteiger partial charge in [-0.25, -0.2) is 0 Å². The lowest BCUT2D eigenvalue weighted by molar-refractivity contribution is 0.170. The number of aliphatic hydroxyl groups excluding tert-OH is 1. The lowest BCUT2D eigenvalue weighted by Crippen LogP contribution is -2.24. The van der Waals surface area contributed by atoms with Gasteiger partial charge in [0, 0.05) is 29.5 Å². The zero-order chi connectivity index (χ0) is 13.7. The first-order valence-electron chi connectivity index (χ1n) is 6.23. The number of nitrogens with one attached hydrogen (secondary N) is 1. The Morgan fingerprint density at radius 3 is 2.74 bits per heavy atom. The molecule has 0 radical (unpaired) electrons. The summed E-state index contributed by atoms with van der Waals surface area (Å²) in [5, 5.41) is 13.5. The average molecular weight is 321 g/mol. The Morgan fingerprint density at radius 2 is 2.05 bits per heavy atom. The second kappa shape index (κ2) is 6.80. The summed E-state index contributed by atoms with van der Waals surface area (Å²) in [6.45, 7) is 2.57. The van der Waals surface area contributed by atoms with E-state index >= 15 is 0 Å². The summed E-state index contributed by atoms with van der Waals surface area (Å²) < 4.78 is 0.976. The second-order valence-corrected chi connectivity index (χ2v) is 5.40.